The molecule has 1 aliphatic heterocycles. The van der Waals surface area contributed by atoms with Gasteiger partial charge in [-0.25, -0.2) is 0 Å². The highest BCUT2D eigenvalue weighted by Gasteiger charge is 2.25. The summed E-state index contributed by atoms with van der Waals surface area (Å²) < 4.78 is 0. The Morgan fingerprint density at radius 2 is 2.22 bits per heavy atom. The Kier molecular flexibility index (Phi) is 2.94. The van der Waals surface area contributed by atoms with Crippen LogP contribution in [0.25, 0.3) is 0 Å². The van der Waals surface area contributed by atoms with Gasteiger partial charge in [-0.05, 0) is 36.5 Å². The number of halogens is 1. The van der Waals surface area contributed by atoms with Crippen molar-refractivity contribution in [3.8, 4) is 0 Å². The number of benzene rings is 1. The third-order valence-corrected chi connectivity index (χ3v) is 4.33. The first-order valence-electron chi connectivity index (χ1n) is 6.52. The highest BCUT2D eigenvalue weighted by Crippen LogP contribution is 2.35. The summed E-state index contributed by atoms with van der Waals surface area (Å²) in [6.45, 7) is 2.27. The summed E-state index contributed by atoms with van der Waals surface area (Å²) >= 11 is 6.27. The van der Waals surface area contributed by atoms with Crippen LogP contribution in [-0.4, -0.2) is 11.9 Å². The van der Waals surface area contributed by atoms with Crippen LogP contribution in [0.1, 0.15) is 31.7 Å². The molecule has 1 fully saturated rings. The molecule has 1 aromatic rings. The standard InChI is InChI=1S/C14H17ClN2O/c1-8-3-2-4-11(8)16-13-5-9-6-14(18)17-12(9)7-10(13)15/h5,7-8,11,16H,2-4,6H2,1H3,(H,17,18). The van der Waals surface area contributed by atoms with Gasteiger partial charge in [0.1, 0.15) is 0 Å². The van der Waals surface area contributed by atoms with Crippen molar-refractivity contribution in [1.82, 2.24) is 0 Å². The highest BCUT2D eigenvalue weighted by atomic mass is 35.5. The van der Waals surface area contributed by atoms with Crippen LogP contribution in [0.2, 0.25) is 5.02 Å². The molecular formula is C14H17ClN2O. The van der Waals surface area contributed by atoms with E-state index in [9.17, 15) is 4.79 Å². The van der Waals surface area contributed by atoms with E-state index in [1.54, 1.807) is 0 Å². The van der Waals surface area contributed by atoms with E-state index >= 15 is 0 Å². The molecule has 2 N–H and O–H groups in total. The van der Waals surface area contributed by atoms with Crippen LogP contribution < -0.4 is 10.6 Å². The summed E-state index contributed by atoms with van der Waals surface area (Å²) in [7, 11) is 0. The summed E-state index contributed by atoms with van der Waals surface area (Å²) in [5, 5.41) is 7.04. The van der Waals surface area contributed by atoms with Crippen molar-refractivity contribution in [3.05, 3.63) is 22.7 Å². The SMILES string of the molecule is CC1CCCC1Nc1cc2c(cc1Cl)NC(=O)C2. The van der Waals surface area contributed by atoms with Gasteiger partial charge in [0.2, 0.25) is 5.91 Å². The van der Waals surface area contributed by atoms with Crippen molar-refractivity contribution in [2.24, 2.45) is 5.92 Å². The molecule has 2 atom stereocenters. The van der Waals surface area contributed by atoms with Gasteiger partial charge in [0.25, 0.3) is 0 Å². The second-order valence-corrected chi connectivity index (χ2v) is 5.78. The maximum Gasteiger partial charge on any atom is 0.228 e. The molecule has 1 aliphatic carbocycles. The summed E-state index contributed by atoms with van der Waals surface area (Å²) in [5.41, 5.74) is 2.86. The Morgan fingerprint density at radius 3 is 2.94 bits per heavy atom. The molecule has 0 bridgehead atoms. The fourth-order valence-corrected chi connectivity index (χ4v) is 3.14. The third-order valence-electron chi connectivity index (χ3n) is 4.02. The summed E-state index contributed by atoms with van der Waals surface area (Å²) in [5.74, 6) is 0.738. The van der Waals surface area contributed by atoms with Crippen LogP contribution in [0.15, 0.2) is 12.1 Å². The van der Waals surface area contributed by atoms with E-state index in [1.165, 1.54) is 19.3 Å². The van der Waals surface area contributed by atoms with E-state index < -0.39 is 0 Å². The Bertz CT molecular complexity index is 501. The smallest absolute Gasteiger partial charge is 0.228 e. The first-order chi connectivity index (χ1) is 8.63. The number of nitrogens with one attached hydrogen (secondary N) is 2. The van der Waals surface area contributed by atoms with E-state index in [2.05, 4.69) is 17.6 Å². The van der Waals surface area contributed by atoms with Crippen molar-refractivity contribution in [2.45, 2.75) is 38.6 Å². The lowest BCUT2D eigenvalue weighted by Gasteiger charge is -2.20. The lowest BCUT2D eigenvalue weighted by atomic mass is 10.1. The second kappa shape index (κ2) is 4.47. The van der Waals surface area contributed by atoms with Gasteiger partial charge in [-0.15, -0.1) is 0 Å². The number of rotatable bonds is 2. The van der Waals surface area contributed by atoms with Crippen LogP contribution in [-0.2, 0) is 11.2 Å². The minimum atomic E-state index is 0.0486. The summed E-state index contributed by atoms with van der Waals surface area (Å²) in [4.78, 5) is 11.3. The van der Waals surface area contributed by atoms with Crippen LogP contribution in [0.4, 0.5) is 11.4 Å². The maximum absolute atomic E-state index is 11.3. The van der Waals surface area contributed by atoms with E-state index in [4.69, 9.17) is 11.6 Å². The molecule has 0 aromatic heterocycles. The van der Waals surface area contributed by atoms with E-state index in [0.717, 1.165) is 16.9 Å². The van der Waals surface area contributed by atoms with Crippen molar-refractivity contribution < 1.29 is 4.79 Å². The van der Waals surface area contributed by atoms with Crippen LogP contribution in [0.3, 0.4) is 0 Å². The largest absolute Gasteiger partial charge is 0.381 e. The number of anilines is 2. The Labute approximate surface area is 112 Å². The molecule has 1 saturated carbocycles. The molecule has 1 aromatic carbocycles. The molecule has 1 heterocycles. The average Bonchev–Trinajstić information content (AvgIpc) is 2.85. The second-order valence-electron chi connectivity index (χ2n) is 5.37. The topological polar surface area (TPSA) is 41.1 Å². The zero-order valence-electron chi connectivity index (χ0n) is 10.4. The molecule has 4 heteroatoms. The molecular weight excluding hydrogens is 248 g/mol. The van der Waals surface area contributed by atoms with Gasteiger partial charge < -0.3 is 10.6 Å². The van der Waals surface area contributed by atoms with Crippen molar-refractivity contribution in [3.63, 3.8) is 0 Å². The Morgan fingerprint density at radius 1 is 1.39 bits per heavy atom. The lowest BCUT2D eigenvalue weighted by Crippen LogP contribution is -2.22. The molecule has 1 amide bonds. The van der Waals surface area contributed by atoms with E-state index in [1.807, 2.05) is 12.1 Å². The van der Waals surface area contributed by atoms with Gasteiger partial charge in [-0.3, -0.25) is 4.79 Å². The normalized spacial score (nSPS) is 26.0. The molecule has 18 heavy (non-hydrogen) atoms. The minimum Gasteiger partial charge on any atom is -0.381 e. The quantitative estimate of drug-likeness (QED) is 0.859. The van der Waals surface area contributed by atoms with Crippen LogP contribution >= 0.6 is 11.6 Å². The first-order valence-corrected chi connectivity index (χ1v) is 6.90. The molecule has 2 unspecified atom stereocenters. The summed E-state index contributed by atoms with van der Waals surface area (Å²) in [6.07, 6.45) is 4.22. The van der Waals surface area contributed by atoms with Gasteiger partial charge in [-0.1, -0.05) is 24.9 Å². The molecule has 0 saturated heterocycles. The van der Waals surface area contributed by atoms with E-state index in [0.29, 0.717) is 23.4 Å². The maximum atomic E-state index is 11.3. The number of carbonyl (C=O) groups is 1. The number of amides is 1. The predicted molar refractivity (Wildman–Crippen MR) is 74.2 cm³/mol. The van der Waals surface area contributed by atoms with E-state index in [-0.39, 0.29) is 5.91 Å². The zero-order valence-corrected chi connectivity index (χ0v) is 11.2. The van der Waals surface area contributed by atoms with Gasteiger partial charge in [0.05, 0.1) is 17.1 Å². The van der Waals surface area contributed by atoms with Crippen LogP contribution in [0.5, 0.6) is 0 Å². The minimum absolute atomic E-state index is 0.0486. The van der Waals surface area contributed by atoms with Gasteiger partial charge >= 0.3 is 0 Å². The fourth-order valence-electron chi connectivity index (χ4n) is 2.92. The fraction of sp³-hybridized carbons (Fsp3) is 0.500. The summed E-state index contributed by atoms with van der Waals surface area (Å²) in [6, 6.07) is 4.37. The lowest BCUT2D eigenvalue weighted by molar-refractivity contribution is -0.115. The van der Waals surface area contributed by atoms with Gasteiger partial charge in [0, 0.05) is 11.7 Å². The predicted octanol–water partition coefficient (Wildman–Crippen LogP) is 3.44. The number of hydrogen-bond donors (Lipinski definition) is 2. The zero-order chi connectivity index (χ0) is 12.7. The van der Waals surface area contributed by atoms with Crippen LogP contribution in [0, 0.1) is 5.92 Å². The Balaban J connectivity index is 1.84. The van der Waals surface area contributed by atoms with Gasteiger partial charge in [-0.2, -0.15) is 0 Å². The molecule has 0 spiro atoms. The molecule has 96 valence electrons. The highest BCUT2D eigenvalue weighted by molar-refractivity contribution is 6.33. The molecule has 3 rings (SSSR count). The van der Waals surface area contributed by atoms with Crippen molar-refractivity contribution in [2.75, 3.05) is 10.6 Å². The van der Waals surface area contributed by atoms with Gasteiger partial charge in [0.15, 0.2) is 0 Å². The Hall–Kier alpha value is -1.22. The number of fused-ring (bicyclic) bond motifs is 1. The molecule has 3 nitrogen and oxygen atoms in total. The monoisotopic (exact) mass is 264 g/mol. The van der Waals surface area contributed by atoms with Crippen molar-refractivity contribution >= 4 is 28.9 Å². The molecule has 0 radical (unpaired) electrons. The third kappa shape index (κ3) is 2.07. The first kappa shape index (κ1) is 11.8. The molecule has 2 aliphatic rings. The van der Waals surface area contributed by atoms with Crippen molar-refractivity contribution in [1.29, 1.82) is 0 Å². The number of hydrogen-bond acceptors (Lipinski definition) is 2. The average molecular weight is 265 g/mol. The number of carbonyl (C=O) groups excluding carboxylic acids is 1.